The monoisotopic (exact) mass is 256 g/mol. The van der Waals surface area contributed by atoms with E-state index < -0.39 is 0 Å². The minimum atomic E-state index is -0.147. The van der Waals surface area contributed by atoms with E-state index in [4.69, 9.17) is 0 Å². The lowest BCUT2D eigenvalue weighted by Gasteiger charge is -2.11. The van der Waals surface area contributed by atoms with Gasteiger partial charge in [0.15, 0.2) is 0 Å². The first-order valence-electron chi connectivity index (χ1n) is 4.63. The molecule has 0 aliphatic rings. The molecule has 0 unspecified atom stereocenters. The summed E-state index contributed by atoms with van der Waals surface area (Å²) in [6.07, 6.45) is 0.850. The van der Waals surface area contributed by atoms with Gasteiger partial charge in [-0.1, -0.05) is 35.5 Å². The number of allylic oxidation sites excluding steroid dienone is 1. The van der Waals surface area contributed by atoms with Gasteiger partial charge >= 0.3 is 0 Å². The summed E-state index contributed by atoms with van der Waals surface area (Å²) in [6.45, 7) is 7.87. The number of rotatable bonds is 3. The topological polar surface area (TPSA) is 0 Å². The summed E-state index contributed by atoms with van der Waals surface area (Å²) >= 11 is 3.30. The average molecular weight is 257 g/mol. The molecule has 0 aromatic heterocycles. The summed E-state index contributed by atoms with van der Waals surface area (Å²) in [5.41, 5.74) is 3.59. The van der Waals surface area contributed by atoms with Crippen molar-refractivity contribution in [2.75, 3.05) is 0 Å². The number of halogens is 2. The lowest BCUT2D eigenvalue weighted by molar-refractivity contribution is 0.615. The predicted octanol–water partition coefficient (Wildman–Crippen LogP) is 4.45. The normalized spacial score (nSPS) is 10.3. The molecule has 0 nitrogen and oxygen atoms in total. The van der Waals surface area contributed by atoms with E-state index in [0.717, 1.165) is 23.1 Å². The van der Waals surface area contributed by atoms with E-state index in [0.29, 0.717) is 10.9 Å². The van der Waals surface area contributed by atoms with Crippen molar-refractivity contribution in [2.45, 2.75) is 25.6 Å². The third kappa shape index (κ3) is 2.24. The highest BCUT2D eigenvalue weighted by molar-refractivity contribution is 9.08. The van der Waals surface area contributed by atoms with Gasteiger partial charge in [0.1, 0.15) is 5.82 Å². The maximum Gasteiger partial charge on any atom is 0.128 e. The smallest absolute Gasteiger partial charge is 0.128 e. The fraction of sp³-hybridized carbons (Fsp3) is 0.333. The number of hydrogen-bond donors (Lipinski definition) is 0. The molecule has 0 bridgehead atoms. The molecule has 0 fully saturated rings. The van der Waals surface area contributed by atoms with E-state index >= 15 is 0 Å². The van der Waals surface area contributed by atoms with Crippen molar-refractivity contribution in [3.63, 3.8) is 0 Å². The largest absolute Gasteiger partial charge is 0.207 e. The minimum absolute atomic E-state index is 0.147. The third-order valence-electron chi connectivity index (χ3n) is 2.28. The summed E-state index contributed by atoms with van der Waals surface area (Å²) < 4.78 is 13.5. The first-order valence-corrected chi connectivity index (χ1v) is 5.75. The van der Waals surface area contributed by atoms with Crippen molar-refractivity contribution >= 4 is 21.5 Å². The molecule has 0 atom stereocenters. The lowest BCUT2D eigenvalue weighted by Crippen LogP contribution is -1.95. The van der Waals surface area contributed by atoms with Crippen LogP contribution in [0.2, 0.25) is 0 Å². The summed E-state index contributed by atoms with van der Waals surface area (Å²) in [6, 6.07) is 3.55. The Bertz CT molecular complexity index is 356. The van der Waals surface area contributed by atoms with Gasteiger partial charge in [-0.25, -0.2) is 4.39 Å². The van der Waals surface area contributed by atoms with Crippen molar-refractivity contribution in [1.29, 1.82) is 0 Å². The Morgan fingerprint density at radius 2 is 2.14 bits per heavy atom. The van der Waals surface area contributed by atoms with E-state index in [1.165, 1.54) is 0 Å². The molecule has 1 rings (SSSR count). The molecular weight excluding hydrogens is 243 g/mol. The summed E-state index contributed by atoms with van der Waals surface area (Å²) in [7, 11) is 0. The molecule has 1 aromatic carbocycles. The average Bonchev–Trinajstić information content (AvgIpc) is 2.15. The van der Waals surface area contributed by atoms with Gasteiger partial charge in [0, 0.05) is 10.9 Å². The molecule has 0 saturated carbocycles. The molecule has 0 spiro atoms. The summed E-state index contributed by atoms with van der Waals surface area (Å²) in [5, 5.41) is 0.535. The summed E-state index contributed by atoms with van der Waals surface area (Å²) in [4.78, 5) is 0. The highest BCUT2D eigenvalue weighted by Gasteiger charge is 2.10. The zero-order valence-electron chi connectivity index (χ0n) is 8.53. The Labute approximate surface area is 93.0 Å². The van der Waals surface area contributed by atoms with Crippen molar-refractivity contribution in [2.24, 2.45) is 0 Å². The predicted molar refractivity (Wildman–Crippen MR) is 63.1 cm³/mol. The van der Waals surface area contributed by atoms with Gasteiger partial charge in [-0.05, 0) is 36.1 Å². The minimum Gasteiger partial charge on any atom is -0.207 e. The van der Waals surface area contributed by atoms with Gasteiger partial charge in [-0.15, -0.1) is 0 Å². The number of alkyl halides is 1. The van der Waals surface area contributed by atoms with Crippen molar-refractivity contribution in [1.82, 2.24) is 0 Å². The first kappa shape index (κ1) is 11.4. The maximum absolute atomic E-state index is 13.5. The Balaban J connectivity index is 3.32. The van der Waals surface area contributed by atoms with Crippen molar-refractivity contribution < 1.29 is 4.39 Å². The van der Waals surface area contributed by atoms with Crippen LogP contribution in [-0.2, 0) is 5.33 Å². The van der Waals surface area contributed by atoms with Crippen LogP contribution in [0.3, 0.4) is 0 Å². The molecule has 0 amide bonds. The van der Waals surface area contributed by atoms with Crippen LogP contribution in [0.5, 0.6) is 0 Å². The second-order valence-corrected chi connectivity index (χ2v) is 3.92. The lowest BCUT2D eigenvalue weighted by atomic mass is 9.97. The van der Waals surface area contributed by atoms with Crippen LogP contribution in [0.15, 0.2) is 18.7 Å². The van der Waals surface area contributed by atoms with E-state index in [-0.39, 0.29) is 5.82 Å². The van der Waals surface area contributed by atoms with Crippen LogP contribution < -0.4 is 0 Å². The van der Waals surface area contributed by atoms with Crippen LogP contribution >= 0.6 is 15.9 Å². The third-order valence-corrected chi connectivity index (χ3v) is 2.84. The number of benzene rings is 1. The van der Waals surface area contributed by atoms with Crippen LogP contribution in [0, 0.1) is 12.7 Å². The SMILES string of the molecule is C=C(CC)c1cc(C)cc(F)c1CBr. The van der Waals surface area contributed by atoms with Crippen LogP contribution in [0.4, 0.5) is 4.39 Å². The molecular formula is C12H14BrF. The van der Waals surface area contributed by atoms with Gasteiger partial charge in [0.25, 0.3) is 0 Å². The van der Waals surface area contributed by atoms with Crippen molar-refractivity contribution in [3.05, 3.63) is 41.2 Å². The molecule has 14 heavy (non-hydrogen) atoms. The molecule has 0 heterocycles. The molecule has 2 heteroatoms. The van der Waals surface area contributed by atoms with E-state index in [1.54, 1.807) is 6.07 Å². The molecule has 76 valence electrons. The van der Waals surface area contributed by atoms with Crippen LogP contribution in [0.25, 0.3) is 5.57 Å². The highest BCUT2D eigenvalue weighted by atomic mass is 79.9. The maximum atomic E-state index is 13.5. The van der Waals surface area contributed by atoms with Gasteiger partial charge in [0.05, 0.1) is 0 Å². The Morgan fingerprint density at radius 1 is 1.50 bits per heavy atom. The molecule has 0 aliphatic heterocycles. The standard InChI is InChI=1S/C12H14BrF/c1-4-9(3)10-5-8(2)6-12(14)11(10)7-13/h5-6H,3-4,7H2,1-2H3. The van der Waals surface area contributed by atoms with Crippen LogP contribution in [-0.4, -0.2) is 0 Å². The van der Waals surface area contributed by atoms with Gasteiger partial charge < -0.3 is 0 Å². The van der Waals surface area contributed by atoms with E-state index in [1.807, 2.05) is 19.9 Å². The zero-order chi connectivity index (χ0) is 10.7. The Morgan fingerprint density at radius 3 is 2.64 bits per heavy atom. The number of aryl methyl sites for hydroxylation is 1. The number of hydrogen-bond acceptors (Lipinski definition) is 0. The molecule has 0 saturated heterocycles. The van der Waals surface area contributed by atoms with Crippen molar-refractivity contribution in [3.8, 4) is 0 Å². The van der Waals surface area contributed by atoms with E-state index in [9.17, 15) is 4.39 Å². The van der Waals surface area contributed by atoms with Gasteiger partial charge in [-0.2, -0.15) is 0 Å². The summed E-state index contributed by atoms with van der Waals surface area (Å²) in [5.74, 6) is -0.147. The second kappa shape index (κ2) is 4.74. The molecule has 0 radical (unpaired) electrons. The highest BCUT2D eigenvalue weighted by Crippen LogP contribution is 2.26. The second-order valence-electron chi connectivity index (χ2n) is 3.36. The fourth-order valence-electron chi connectivity index (χ4n) is 1.41. The Hall–Kier alpha value is -0.630. The van der Waals surface area contributed by atoms with Crippen LogP contribution in [0.1, 0.15) is 30.0 Å². The fourth-order valence-corrected chi connectivity index (χ4v) is 1.98. The quantitative estimate of drug-likeness (QED) is 0.701. The first-order chi connectivity index (χ1) is 6.60. The molecule has 0 aliphatic carbocycles. The zero-order valence-corrected chi connectivity index (χ0v) is 10.1. The van der Waals surface area contributed by atoms with Gasteiger partial charge in [-0.3, -0.25) is 0 Å². The Kier molecular flexibility index (Phi) is 3.87. The van der Waals surface area contributed by atoms with E-state index in [2.05, 4.69) is 22.5 Å². The molecule has 1 aromatic rings. The van der Waals surface area contributed by atoms with Gasteiger partial charge in [0.2, 0.25) is 0 Å². The molecule has 0 N–H and O–H groups in total.